The Bertz CT molecular complexity index is 672. The van der Waals surface area contributed by atoms with E-state index < -0.39 is 0 Å². The number of amidine groups is 1. The second-order valence-electron chi connectivity index (χ2n) is 6.65. The zero-order chi connectivity index (χ0) is 16.5. The summed E-state index contributed by atoms with van der Waals surface area (Å²) in [5.41, 5.74) is 22.1. The minimum atomic E-state index is 0.380. The molecule has 1 aromatic carbocycles. The lowest BCUT2D eigenvalue weighted by atomic mass is 10.00. The van der Waals surface area contributed by atoms with Gasteiger partial charge in [-0.1, -0.05) is 0 Å². The van der Waals surface area contributed by atoms with Gasteiger partial charge in [-0.25, -0.2) is 10.4 Å². The van der Waals surface area contributed by atoms with Crippen LogP contribution in [0.3, 0.4) is 0 Å². The van der Waals surface area contributed by atoms with E-state index in [1.807, 2.05) is 6.07 Å². The number of nitrogens with two attached hydrogens (primary N) is 2. The van der Waals surface area contributed by atoms with Gasteiger partial charge in [0.25, 0.3) is 0 Å². The molecule has 7 N–H and O–H groups in total. The van der Waals surface area contributed by atoms with Crippen molar-refractivity contribution >= 4 is 11.5 Å². The van der Waals surface area contributed by atoms with Crippen LogP contribution in [-0.2, 0) is 0 Å². The number of nitrogens with one attached hydrogen (secondary N) is 3. The van der Waals surface area contributed by atoms with Crippen molar-refractivity contribution in [3.8, 4) is 0 Å². The number of nitrogens with zero attached hydrogens (tertiary/aromatic N) is 2. The number of aliphatic imine (C=N–C) groups is 1. The van der Waals surface area contributed by atoms with Crippen molar-refractivity contribution in [1.29, 1.82) is 0 Å². The van der Waals surface area contributed by atoms with E-state index in [2.05, 4.69) is 38.2 Å². The van der Waals surface area contributed by atoms with Crippen LogP contribution in [0.15, 0.2) is 35.2 Å². The quantitative estimate of drug-likeness (QED) is 0.406. The molecule has 1 saturated carbocycles. The van der Waals surface area contributed by atoms with Crippen LogP contribution in [0.25, 0.3) is 0 Å². The summed E-state index contributed by atoms with van der Waals surface area (Å²) < 4.78 is 0. The number of hydrazine groups is 1. The Morgan fingerprint density at radius 3 is 2.75 bits per heavy atom. The molecule has 1 aromatic rings. The van der Waals surface area contributed by atoms with E-state index in [1.54, 1.807) is 6.20 Å². The topological polar surface area (TPSA) is 104 Å². The first kappa shape index (κ1) is 15.3. The highest BCUT2D eigenvalue weighted by atomic mass is 15.4. The molecule has 4 rings (SSSR count). The SMILES string of the molecule is N/C=C(\N=C(/N)c1ccc2c(c1)C(C1CC1)NN2)N1CCNCC1. The predicted octanol–water partition coefficient (Wildman–Crippen LogP) is 0.436. The fraction of sp³-hybridized carbons (Fsp3) is 0.471. The van der Waals surface area contributed by atoms with E-state index in [0.29, 0.717) is 11.9 Å². The van der Waals surface area contributed by atoms with Gasteiger partial charge in [-0.3, -0.25) is 0 Å². The van der Waals surface area contributed by atoms with Crippen molar-refractivity contribution < 1.29 is 0 Å². The molecule has 7 heteroatoms. The minimum Gasteiger partial charge on any atom is -0.402 e. The van der Waals surface area contributed by atoms with Crippen molar-refractivity contribution in [3.63, 3.8) is 0 Å². The first-order valence-corrected chi connectivity index (χ1v) is 8.64. The van der Waals surface area contributed by atoms with Crippen molar-refractivity contribution in [2.75, 3.05) is 31.6 Å². The van der Waals surface area contributed by atoms with Gasteiger partial charge in [0.05, 0.1) is 11.7 Å². The largest absolute Gasteiger partial charge is 0.402 e. The first-order valence-electron chi connectivity index (χ1n) is 8.64. The molecule has 0 radical (unpaired) electrons. The molecule has 2 fully saturated rings. The lowest BCUT2D eigenvalue weighted by molar-refractivity contribution is 0.296. The lowest BCUT2D eigenvalue weighted by Gasteiger charge is -2.29. The third-order valence-corrected chi connectivity index (χ3v) is 4.96. The van der Waals surface area contributed by atoms with Crippen LogP contribution in [0, 0.1) is 5.92 Å². The van der Waals surface area contributed by atoms with Crippen molar-refractivity contribution in [1.82, 2.24) is 15.6 Å². The van der Waals surface area contributed by atoms with Crippen LogP contribution in [-0.4, -0.2) is 36.9 Å². The number of anilines is 1. The van der Waals surface area contributed by atoms with Crippen LogP contribution >= 0.6 is 0 Å². The maximum absolute atomic E-state index is 6.28. The van der Waals surface area contributed by atoms with E-state index in [1.165, 1.54) is 18.4 Å². The third-order valence-electron chi connectivity index (χ3n) is 4.96. The number of rotatable bonds is 4. The molecule has 1 unspecified atom stereocenters. The normalized spacial score (nSPS) is 24.7. The Hall–Kier alpha value is -2.25. The Kier molecular flexibility index (Phi) is 4.03. The lowest BCUT2D eigenvalue weighted by Crippen LogP contribution is -2.43. The second-order valence-corrected chi connectivity index (χ2v) is 6.65. The van der Waals surface area contributed by atoms with Crippen LogP contribution in [0.4, 0.5) is 5.69 Å². The van der Waals surface area contributed by atoms with Gasteiger partial charge in [0.15, 0.2) is 0 Å². The van der Waals surface area contributed by atoms with Crippen LogP contribution < -0.4 is 27.6 Å². The summed E-state index contributed by atoms with van der Waals surface area (Å²) in [7, 11) is 0. The summed E-state index contributed by atoms with van der Waals surface area (Å²) in [6, 6.07) is 6.60. The molecule has 3 aliphatic rings. The number of hydrogen-bond acceptors (Lipinski definition) is 6. The summed E-state index contributed by atoms with van der Waals surface area (Å²) in [4.78, 5) is 6.75. The monoisotopic (exact) mass is 327 g/mol. The summed E-state index contributed by atoms with van der Waals surface area (Å²) in [5, 5.41) is 3.32. The average molecular weight is 327 g/mol. The number of benzene rings is 1. The van der Waals surface area contributed by atoms with E-state index in [0.717, 1.165) is 49.2 Å². The van der Waals surface area contributed by atoms with Gasteiger partial charge in [-0.2, -0.15) is 0 Å². The Balaban J connectivity index is 1.57. The zero-order valence-corrected chi connectivity index (χ0v) is 13.8. The number of fused-ring (bicyclic) bond motifs is 1. The molecule has 1 saturated heterocycles. The fourth-order valence-electron chi connectivity index (χ4n) is 3.42. The number of hydrogen-bond donors (Lipinski definition) is 5. The van der Waals surface area contributed by atoms with Gasteiger partial charge < -0.3 is 27.1 Å². The van der Waals surface area contributed by atoms with Crippen LogP contribution in [0.2, 0.25) is 0 Å². The van der Waals surface area contributed by atoms with Gasteiger partial charge in [-0.15, -0.1) is 0 Å². The van der Waals surface area contributed by atoms with Gasteiger partial charge in [0, 0.05) is 37.9 Å². The zero-order valence-electron chi connectivity index (χ0n) is 13.8. The highest BCUT2D eigenvalue weighted by Gasteiger charge is 2.36. The highest BCUT2D eigenvalue weighted by molar-refractivity contribution is 5.98. The van der Waals surface area contributed by atoms with Crippen LogP contribution in [0.5, 0.6) is 0 Å². The molecule has 0 bridgehead atoms. The molecule has 1 aliphatic carbocycles. The number of piperazine rings is 1. The summed E-state index contributed by atoms with van der Waals surface area (Å²) in [6.07, 6.45) is 4.12. The maximum atomic E-state index is 6.28. The molecule has 7 nitrogen and oxygen atoms in total. The second kappa shape index (κ2) is 6.33. The van der Waals surface area contributed by atoms with Gasteiger partial charge >= 0.3 is 0 Å². The Morgan fingerprint density at radius 1 is 1.25 bits per heavy atom. The molecule has 0 amide bonds. The molecule has 24 heavy (non-hydrogen) atoms. The predicted molar refractivity (Wildman–Crippen MR) is 96.1 cm³/mol. The molecule has 0 aromatic heterocycles. The van der Waals surface area contributed by atoms with Crippen molar-refractivity contribution in [2.24, 2.45) is 22.4 Å². The van der Waals surface area contributed by atoms with Gasteiger partial charge in [0.1, 0.15) is 11.7 Å². The van der Waals surface area contributed by atoms with Gasteiger partial charge in [0.2, 0.25) is 0 Å². The van der Waals surface area contributed by atoms with Crippen molar-refractivity contribution in [2.45, 2.75) is 18.9 Å². The molecular formula is C17H25N7. The fourth-order valence-corrected chi connectivity index (χ4v) is 3.42. The summed E-state index contributed by atoms with van der Waals surface area (Å²) >= 11 is 0. The Labute approximate surface area is 142 Å². The van der Waals surface area contributed by atoms with E-state index in [9.17, 15) is 0 Å². The summed E-state index contributed by atoms with van der Waals surface area (Å²) in [5.74, 6) is 1.98. The average Bonchev–Trinajstić information content (AvgIpc) is 3.39. The minimum absolute atomic E-state index is 0.380. The molecule has 2 heterocycles. The molecule has 2 aliphatic heterocycles. The molecule has 1 atom stereocenters. The van der Waals surface area contributed by atoms with Crippen molar-refractivity contribution in [3.05, 3.63) is 41.3 Å². The molecular weight excluding hydrogens is 302 g/mol. The van der Waals surface area contributed by atoms with E-state index >= 15 is 0 Å². The third kappa shape index (κ3) is 2.92. The summed E-state index contributed by atoms with van der Waals surface area (Å²) in [6.45, 7) is 3.65. The molecule has 128 valence electrons. The van der Waals surface area contributed by atoms with Crippen LogP contribution in [0.1, 0.15) is 30.0 Å². The smallest absolute Gasteiger partial charge is 0.146 e. The highest BCUT2D eigenvalue weighted by Crippen LogP contribution is 2.45. The first-order chi connectivity index (χ1) is 11.8. The molecule has 0 spiro atoms. The van der Waals surface area contributed by atoms with Gasteiger partial charge in [-0.05, 0) is 42.5 Å². The van der Waals surface area contributed by atoms with E-state index in [4.69, 9.17) is 11.5 Å². The van der Waals surface area contributed by atoms with E-state index in [-0.39, 0.29) is 0 Å². The Morgan fingerprint density at radius 2 is 2.04 bits per heavy atom. The standard InChI is InChI=1S/C17H25N7/c18-10-15(24-7-5-20-6-8-24)21-17(19)12-3-4-14-13(9-12)16(23-22-14)11-1-2-11/h3-4,9-11,16,20,22-23H,1-2,5-8,18H2,(H2,19,21)/b15-10+. The maximum Gasteiger partial charge on any atom is 0.146 e.